The molecule has 3 aromatic carbocycles. The van der Waals surface area contributed by atoms with E-state index in [2.05, 4.69) is 55.7 Å². The molecule has 5 atom stereocenters. The van der Waals surface area contributed by atoms with Gasteiger partial charge in [-0.15, -0.1) is 0 Å². The molecule has 0 bridgehead atoms. The van der Waals surface area contributed by atoms with Crippen molar-refractivity contribution >= 4 is 17.7 Å². The number of halogens is 1. The molecule has 52 heavy (non-hydrogen) atoms. The number of β-amino-alcohol motifs (C(OH)–C–C–N with tert-alkyl or cyclic N) is 1. The average Bonchev–Trinajstić information content (AvgIpc) is 3.81. The molecule has 280 valence electrons. The van der Waals surface area contributed by atoms with Crippen LogP contribution in [-0.2, 0) is 19.8 Å². The standard InChI is InChI=1S/C43H56N4O4.BrH/c1-3-4-14-26-47(2)27-16-17-33(32-47)30-44-41(50)38-24-15-25-45(38)42(51)39-28-37(48)31-46(39)40(49)29-43(34-18-8-5-9-19-34,35-20-10-6-11-21-35)36-22-12-7-13-23-36;/h5-13,18-23,33,37-39,48H,3-4,14-17,24-32H2,1-2H3;1H/t33-,37-,38-,39+,47+;/m1./s1. The van der Waals surface area contributed by atoms with Crippen LogP contribution in [0.3, 0.4) is 0 Å². The molecule has 2 N–H and O–H groups in total. The first kappa shape index (κ1) is 39.7. The van der Waals surface area contributed by atoms with Crippen LogP contribution < -0.4 is 22.3 Å². The number of rotatable bonds is 13. The summed E-state index contributed by atoms with van der Waals surface area (Å²) in [6.07, 6.45) is 6.79. The van der Waals surface area contributed by atoms with Gasteiger partial charge in [-0.1, -0.05) is 104 Å². The second kappa shape index (κ2) is 18.0. The van der Waals surface area contributed by atoms with E-state index in [9.17, 15) is 19.5 Å². The molecule has 0 spiro atoms. The number of hydrogen-bond acceptors (Lipinski definition) is 4. The van der Waals surface area contributed by atoms with Gasteiger partial charge in [-0.05, 0) is 55.2 Å². The van der Waals surface area contributed by atoms with Gasteiger partial charge in [0.2, 0.25) is 17.7 Å². The number of aliphatic hydroxyl groups is 1. The molecule has 3 amide bonds. The quantitative estimate of drug-likeness (QED) is 0.159. The minimum Gasteiger partial charge on any atom is -1.00 e. The SMILES string of the molecule is CCCCC[N@@+]1(C)CCC[C@H](CNC(=O)[C@H]2CCCN2C(=O)[C@@H]2C[C@@H](O)CN2C(=O)CC(c2ccccc2)(c2ccccc2)c2ccccc2)C1.[Br-]. The fourth-order valence-corrected chi connectivity index (χ4v) is 9.16. The lowest BCUT2D eigenvalue weighted by Gasteiger charge is -2.41. The highest BCUT2D eigenvalue weighted by Gasteiger charge is 2.47. The van der Waals surface area contributed by atoms with Crippen molar-refractivity contribution in [2.75, 3.05) is 46.3 Å². The van der Waals surface area contributed by atoms with Crippen molar-refractivity contribution in [1.82, 2.24) is 15.1 Å². The van der Waals surface area contributed by atoms with Crippen LogP contribution in [0, 0.1) is 5.92 Å². The second-order valence-electron chi connectivity index (χ2n) is 15.5. The maximum absolute atomic E-state index is 14.6. The first-order chi connectivity index (χ1) is 24.7. The zero-order valence-corrected chi connectivity index (χ0v) is 32.6. The number of piperidine rings is 1. The minimum atomic E-state index is -0.819. The number of carbonyl (C=O) groups is 3. The number of carbonyl (C=O) groups excluding carboxylic acids is 3. The Hall–Kier alpha value is -3.53. The van der Waals surface area contributed by atoms with Gasteiger partial charge >= 0.3 is 0 Å². The van der Waals surface area contributed by atoms with E-state index < -0.39 is 23.6 Å². The van der Waals surface area contributed by atoms with Crippen LogP contribution in [-0.4, -0.2) is 102 Å². The molecule has 0 aliphatic carbocycles. The molecule has 3 saturated heterocycles. The topological polar surface area (TPSA) is 89.9 Å². The number of aliphatic hydroxyl groups excluding tert-OH is 1. The Balaban J connectivity index is 0.00000523. The zero-order valence-electron chi connectivity index (χ0n) is 31.0. The average molecular weight is 774 g/mol. The van der Waals surface area contributed by atoms with E-state index >= 15 is 0 Å². The molecule has 3 fully saturated rings. The highest BCUT2D eigenvalue weighted by Crippen LogP contribution is 2.43. The third-order valence-corrected chi connectivity index (χ3v) is 11.8. The predicted octanol–water partition coefficient (Wildman–Crippen LogP) is 2.53. The van der Waals surface area contributed by atoms with Gasteiger partial charge in [-0.2, -0.15) is 0 Å². The molecule has 6 rings (SSSR count). The van der Waals surface area contributed by atoms with E-state index in [1.807, 2.05) is 54.6 Å². The molecule has 3 aliphatic heterocycles. The van der Waals surface area contributed by atoms with Crippen LogP contribution in [0.15, 0.2) is 91.0 Å². The number of nitrogens with one attached hydrogen (secondary N) is 1. The van der Waals surface area contributed by atoms with Crippen LogP contribution in [0.1, 0.15) is 81.4 Å². The van der Waals surface area contributed by atoms with Crippen LogP contribution >= 0.6 is 0 Å². The number of hydrogen-bond donors (Lipinski definition) is 2. The lowest BCUT2D eigenvalue weighted by atomic mass is 9.67. The van der Waals surface area contributed by atoms with E-state index in [1.165, 1.54) is 38.8 Å². The van der Waals surface area contributed by atoms with Gasteiger partial charge < -0.3 is 41.7 Å². The Labute approximate surface area is 320 Å². The largest absolute Gasteiger partial charge is 1.00 e. The summed E-state index contributed by atoms with van der Waals surface area (Å²) in [5.41, 5.74) is 2.12. The van der Waals surface area contributed by atoms with Gasteiger partial charge in [0, 0.05) is 38.4 Å². The Morgan fingerprint density at radius 1 is 0.827 bits per heavy atom. The van der Waals surface area contributed by atoms with E-state index in [1.54, 1.807) is 9.80 Å². The van der Waals surface area contributed by atoms with Crippen molar-refractivity contribution in [3.8, 4) is 0 Å². The Bertz CT molecular complexity index is 1510. The number of quaternary nitrogens is 1. The van der Waals surface area contributed by atoms with Crippen molar-refractivity contribution < 1.29 is 41.0 Å². The number of amides is 3. The molecule has 3 aliphatic rings. The minimum absolute atomic E-state index is 0. The molecular formula is C43H57BrN4O4. The van der Waals surface area contributed by atoms with Crippen molar-refractivity contribution in [2.24, 2.45) is 5.92 Å². The summed E-state index contributed by atoms with van der Waals surface area (Å²) < 4.78 is 1.07. The number of nitrogens with zero attached hydrogens (tertiary/aromatic N) is 3. The van der Waals surface area contributed by atoms with Gasteiger partial charge in [0.25, 0.3) is 0 Å². The lowest BCUT2D eigenvalue weighted by Crippen LogP contribution is -3.00. The van der Waals surface area contributed by atoms with Gasteiger partial charge in [0.15, 0.2) is 0 Å². The van der Waals surface area contributed by atoms with Crippen LogP contribution in [0.25, 0.3) is 0 Å². The third-order valence-electron chi connectivity index (χ3n) is 11.8. The van der Waals surface area contributed by atoms with Crippen LogP contribution in [0.4, 0.5) is 0 Å². The fourth-order valence-electron chi connectivity index (χ4n) is 9.16. The summed E-state index contributed by atoms with van der Waals surface area (Å²) in [4.78, 5) is 46.0. The summed E-state index contributed by atoms with van der Waals surface area (Å²) in [5, 5.41) is 14.2. The molecule has 0 saturated carbocycles. The van der Waals surface area contributed by atoms with Crippen molar-refractivity contribution in [3.63, 3.8) is 0 Å². The highest BCUT2D eigenvalue weighted by molar-refractivity contribution is 5.93. The van der Waals surface area contributed by atoms with Crippen molar-refractivity contribution in [2.45, 2.75) is 88.3 Å². The summed E-state index contributed by atoms with van der Waals surface area (Å²) in [6.45, 7) is 6.90. The fraction of sp³-hybridized carbons (Fsp3) is 0.512. The molecule has 0 radical (unpaired) electrons. The summed E-state index contributed by atoms with van der Waals surface area (Å²) >= 11 is 0. The zero-order chi connectivity index (χ0) is 35.8. The van der Waals surface area contributed by atoms with E-state index in [0.29, 0.717) is 25.4 Å². The smallest absolute Gasteiger partial charge is 0.246 e. The van der Waals surface area contributed by atoms with Crippen molar-refractivity contribution in [3.05, 3.63) is 108 Å². The monoisotopic (exact) mass is 772 g/mol. The highest BCUT2D eigenvalue weighted by atomic mass is 79.9. The Kier molecular flexibility index (Phi) is 13.7. The molecule has 0 aromatic heterocycles. The van der Waals surface area contributed by atoms with Crippen LogP contribution in [0.5, 0.6) is 0 Å². The van der Waals surface area contributed by atoms with Crippen LogP contribution in [0.2, 0.25) is 0 Å². The molecule has 0 unspecified atom stereocenters. The Morgan fingerprint density at radius 2 is 1.42 bits per heavy atom. The maximum Gasteiger partial charge on any atom is 0.246 e. The summed E-state index contributed by atoms with van der Waals surface area (Å²) in [6, 6.07) is 28.8. The normalized spacial score (nSPS) is 24.7. The first-order valence-corrected chi connectivity index (χ1v) is 19.3. The second-order valence-corrected chi connectivity index (χ2v) is 15.5. The number of unbranched alkanes of at least 4 members (excludes halogenated alkanes) is 2. The summed E-state index contributed by atoms with van der Waals surface area (Å²) in [5.74, 6) is -0.101. The lowest BCUT2D eigenvalue weighted by molar-refractivity contribution is -0.917. The molecule has 8 nitrogen and oxygen atoms in total. The first-order valence-electron chi connectivity index (χ1n) is 19.3. The number of benzene rings is 3. The molecule has 9 heteroatoms. The third kappa shape index (κ3) is 8.80. The Morgan fingerprint density at radius 3 is 2.00 bits per heavy atom. The van der Waals surface area contributed by atoms with Gasteiger partial charge in [-0.3, -0.25) is 14.4 Å². The van der Waals surface area contributed by atoms with E-state index in [-0.39, 0.29) is 54.1 Å². The molecule has 3 heterocycles. The number of likely N-dealkylation sites (tertiary alicyclic amines) is 3. The van der Waals surface area contributed by atoms with Crippen molar-refractivity contribution in [1.29, 1.82) is 0 Å². The predicted molar refractivity (Wildman–Crippen MR) is 201 cm³/mol. The van der Waals surface area contributed by atoms with Gasteiger partial charge in [0.05, 0.1) is 38.2 Å². The van der Waals surface area contributed by atoms with E-state index in [0.717, 1.165) is 40.6 Å². The van der Waals surface area contributed by atoms with Gasteiger partial charge in [0.1, 0.15) is 12.1 Å². The summed E-state index contributed by atoms with van der Waals surface area (Å²) in [7, 11) is 2.35. The van der Waals surface area contributed by atoms with E-state index in [4.69, 9.17) is 0 Å². The van der Waals surface area contributed by atoms with Gasteiger partial charge in [-0.25, -0.2) is 0 Å². The molecular weight excluding hydrogens is 716 g/mol. The molecule has 3 aromatic rings. The maximum atomic E-state index is 14.6.